The molecule has 1 aromatic rings. The van der Waals surface area contributed by atoms with E-state index in [-0.39, 0.29) is 6.04 Å². The summed E-state index contributed by atoms with van der Waals surface area (Å²) < 4.78 is 0. The summed E-state index contributed by atoms with van der Waals surface area (Å²) in [6, 6.07) is 2.30. The molecule has 1 aromatic heterocycles. The van der Waals surface area contributed by atoms with E-state index in [0.717, 1.165) is 18.8 Å². The molecule has 2 rings (SSSR count). The molecule has 0 amide bonds. The lowest BCUT2D eigenvalue weighted by atomic mass is 9.79. The van der Waals surface area contributed by atoms with Crippen molar-refractivity contribution in [3.05, 3.63) is 29.6 Å². The van der Waals surface area contributed by atoms with E-state index in [4.69, 9.17) is 5.73 Å². The number of nitrogens with two attached hydrogens (primary N) is 1. The lowest BCUT2D eigenvalue weighted by Gasteiger charge is -2.28. The van der Waals surface area contributed by atoms with Crippen LogP contribution in [0.15, 0.2) is 18.5 Å². The molecule has 2 N–H and O–H groups in total. The van der Waals surface area contributed by atoms with Crippen LogP contribution < -0.4 is 5.73 Å². The smallest absolute Gasteiger partial charge is 0.0303 e. The molecule has 0 bridgehead atoms. The van der Waals surface area contributed by atoms with Crippen molar-refractivity contribution in [1.82, 2.24) is 4.98 Å². The van der Waals surface area contributed by atoms with Crippen LogP contribution in [-0.2, 0) is 6.42 Å². The van der Waals surface area contributed by atoms with Gasteiger partial charge in [-0.25, -0.2) is 0 Å². The molecule has 1 heterocycles. The van der Waals surface area contributed by atoms with E-state index in [0.29, 0.717) is 0 Å². The van der Waals surface area contributed by atoms with Gasteiger partial charge in [-0.15, -0.1) is 0 Å². The van der Waals surface area contributed by atoms with E-state index in [1.165, 1.54) is 30.4 Å². The predicted molar refractivity (Wildman–Crippen MR) is 62.5 cm³/mol. The summed E-state index contributed by atoms with van der Waals surface area (Å²) in [5.74, 6) is 0.873. The first-order chi connectivity index (χ1) is 7.31. The third-order valence-corrected chi connectivity index (χ3v) is 3.53. The second-order valence-electron chi connectivity index (χ2n) is 4.57. The van der Waals surface area contributed by atoms with Crippen LogP contribution in [0.1, 0.15) is 49.8 Å². The number of nitrogens with zero attached hydrogens (tertiary/aromatic N) is 1. The van der Waals surface area contributed by atoms with Gasteiger partial charge in [-0.1, -0.05) is 26.2 Å². The zero-order valence-electron chi connectivity index (χ0n) is 9.45. The number of pyridine rings is 1. The van der Waals surface area contributed by atoms with Crippen LogP contribution >= 0.6 is 0 Å². The summed E-state index contributed by atoms with van der Waals surface area (Å²) in [4.78, 5) is 4.16. The van der Waals surface area contributed by atoms with Crippen molar-refractivity contribution in [3.8, 4) is 0 Å². The van der Waals surface area contributed by atoms with Crippen LogP contribution in [0.3, 0.4) is 0 Å². The predicted octanol–water partition coefficient (Wildman–Crippen LogP) is 2.83. The third-order valence-electron chi connectivity index (χ3n) is 3.53. The average Bonchev–Trinajstić information content (AvgIpc) is 2.23. The molecule has 15 heavy (non-hydrogen) atoms. The molecule has 0 aliphatic heterocycles. The molecular weight excluding hydrogens is 184 g/mol. The summed E-state index contributed by atoms with van der Waals surface area (Å²) in [5, 5.41) is 0. The van der Waals surface area contributed by atoms with Gasteiger partial charge in [-0.2, -0.15) is 0 Å². The zero-order chi connectivity index (χ0) is 10.7. The summed E-state index contributed by atoms with van der Waals surface area (Å²) in [5.41, 5.74) is 8.87. The number of rotatable bonds is 4. The Morgan fingerprint density at radius 2 is 2.33 bits per heavy atom. The van der Waals surface area contributed by atoms with E-state index >= 15 is 0 Å². The van der Waals surface area contributed by atoms with Gasteiger partial charge >= 0.3 is 0 Å². The molecule has 1 aliphatic rings. The van der Waals surface area contributed by atoms with Crippen LogP contribution in [0.5, 0.6) is 0 Å². The Morgan fingerprint density at radius 3 is 2.93 bits per heavy atom. The van der Waals surface area contributed by atoms with Gasteiger partial charge in [0.1, 0.15) is 0 Å². The van der Waals surface area contributed by atoms with E-state index in [1.807, 2.05) is 12.4 Å². The molecule has 82 valence electrons. The molecule has 2 nitrogen and oxygen atoms in total. The van der Waals surface area contributed by atoms with Gasteiger partial charge in [-0.05, 0) is 36.0 Å². The quantitative estimate of drug-likeness (QED) is 0.819. The third kappa shape index (κ3) is 2.37. The van der Waals surface area contributed by atoms with Crippen molar-refractivity contribution in [1.29, 1.82) is 0 Å². The molecular formula is C13H20N2. The Balaban J connectivity index is 2.05. The van der Waals surface area contributed by atoms with Crippen molar-refractivity contribution in [2.45, 2.75) is 45.1 Å². The Kier molecular flexibility index (Phi) is 3.37. The first kappa shape index (κ1) is 10.6. The minimum absolute atomic E-state index is 0.216. The Labute approximate surface area is 91.9 Å². The monoisotopic (exact) mass is 204 g/mol. The van der Waals surface area contributed by atoms with Crippen LogP contribution in [0, 0.1) is 5.92 Å². The summed E-state index contributed by atoms with van der Waals surface area (Å²) in [7, 11) is 0. The van der Waals surface area contributed by atoms with Crippen LogP contribution in [0.4, 0.5) is 0 Å². The van der Waals surface area contributed by atoms with Gasteiger partial charge in [0.25, 0.3) is 0 Å². The van der Waals surface area contributed by atoms with Crippen LogP contribution in [-0.4, -0.2) is 4.98 Å². The van der Waals surface area contributed by atoms with E-state index < -0.39 is 0 Å². The fourth-order valence-electron chi connectivity index (χ4n) is 2.31. The van der Waals surface area contributed by atoms with Crippen molar-refractivity contribution in [2.24, 2.45) is 11.7 Å². The molecule has 1 unspecified atom stereocenters. The van der Waals surface area contributed by atoms with Crippen molar-refractivity contribution >= 4 is 0 Å². The second kappa shape index (κ2) is 4.75. The van der Waals surface area contributed by atoms with Gasteiger partial charge in [-0.3, -0.25) is 4.98 Å². The highest BCUT2D eigenvalue weighted by Crippen LogP contribution is 2.34. The molecule has 1 fully saturated rings. The fourth-order valence-corrected chi connectivity index (χ4v) is 2.31. The molecule has 2 heteroatoms. The lowest BCUT2D eigenvalue weighted by molar-refractivity contribution is 0.277. The molecule has 0 saturated heterocycles. The van der Waals surface area contributed by atoms with Gasteiger partial charge in [0.15, 0.2) is 0 Å². The maximum atomic E-state index is 6.25. The number of aromatic nitrogens is 1. The Morgan fingerprint density at radius 1 is 1.53 bits per heavy atom. The van der Waals surface area contributed by atoms with Crippen LogP contribution in [0.2, 0.25) is 0 Å². The lowest BCUT2D eigenvalue weighted by Crippen LogP contribution is -2.21. The van der Waals surface area contributed by atoms with E-state index in [9.17, 15) is 0 Å². The molecule has 0 radical (unpaired) electrons. The Hall–Kier alpha value is -0.890. The molecule has 1 saturated carbocycles. The highest BCUT2D eigenvalue weighted by molar-refractivity contribution is 5.26. The summed E-state index contributed by atoms with van der Waals surface area (Å²) in [6.07, 6.45) is 10.1. The fraction of sp³-hybridized carbons (Fsp3) is 0.615. The SMILES string of the molecule is CCc1cnccc1C(N)CC1CCC1. The van der Waals surface area contributed by atoms with Gasteiger partial charge in [0, 0.05) is 18.4 Å². The van der Waals surface area contributed by atoms with Gasteiger partial charge < -0.3 is 5.73 Å². The largest absolute Gasteiger partial charge is 0.324 e. The first-order valence-electron chi connectivity index (χ1n) is 5.99. The van der Waals surface area contributed by atoms with E-state index in [1.54, 1.807) is 0 Å². The van der Waals surface area contributed by atoms with Crippen molar-refractivity contribution < 1.29 is 0 Å². The number of hydrogen-bond donors (Lipinski definition) is 1. The average molecular weight is 204 g/mol. The number of aryl methyl sites for hydroxylation is 1. The minimum Gasteiger partial charge on any atom is -0.324 e. The van der Waals surface area contributed by atoms with E-state index in [2.05, 4.69) is 18.0 Å². The maximum Gasteiger partial charge on any atom is 0.0303 e. The number of hydrogen-bond acceptors (Lipinski definition) is 2. The molecule has 1 atom stereocenters. The van der Waals surface area contributed by atoms with Gasteiger partial charge in [0.2, 0.25) is 0 Å². The van der Waals surface area contributed by atoms with Gasteiger partial charge in [0.05, 0.1) is 0 Å². The molecule has 0 aromatic carbocycles. The normalized spacial score (nSPS) is 18.5. The van der Waals surface area contributed by atoms with Crippen molar-refractivity contribution in [3.63, 3.8) is 0 Å². The minimum atomic E-state index is 0.216. The highest BCUT2D eigenvalue weighted by atomic mass is 14.7. The van der Waals surface area contributed by atoms with Crippen molar-refractivity contribution in [2.75, 3.05) is 0 Å². The molecule has 1 aliphatic carbocycles. The second-order valence-corrected chi connectivity index (χ2v) is 4.57. The summed E-state index contributed by atoms with van der Waals surface area (Å²) >= 11 is 0. The standard InChI is InChI=1S/C13H20N2/c1-2-11-9-15-7-6-12(11)13(14)8-10-4-3-5-10/h6-7,9-10,13H,2-5,8,14H2,1H3. The maximum absolute atomic E-state index is 6.25. The topological polar surface area (TPSA) is 38.9 Å². The molecule has 0 spiro atoms. The first-order valence-corrected chi connectivity index (χ1v) is 5.99. The highest BCUT2D eigenvalue weighted by Gasteiger charge is 2.21. The summed E-state index contributed by atoms with van der Waals surface area (Å²) in [6.45, 7) is 2.16. The van der Waals surface area contributed by atoms with Crippen LogP contribution in [0.25, 0.3) is 0 Å². The zero-order valence-corrected chi connectivity index (χ0v) is 9.45. The Bertz CT molecular complexity index is 318.